The largest absolute Gasteiger partial charge is 0.487 e. The fourth-order valence-electron chi connectivity index (χ4n) is 6.98. The van der Waals surface area contributed by atoms with Gasteiger partial charge in [0.15, 0.2) is 0 Å². The first-order valence-electron chi connectivity index (χ1n) is 17.3. The molecule has 2 aliphatic rings. The fraction of sp³-hybridized carbons (Fsp3) is 0.368. The van der Waals surface area contributed by atoms with Gasteiger partial charge < -0.3 is 20.7 Å². The van der Waals surface area contributed by atoms with Gasteiger partial charge in [-0.05, 0) is 80.8 Å². The zero-order valence-corrected chi connectivity index (χ0v) is 33.9. The van der Waals surface area contributed by atoms with Crippen molar-refractivity contribution in [2.75, 3.05) is 26.2 Å². The van der Waals surface area contributed by atoms with Crippen LogP contribution in [0, 0.1) is 25.2 Å². The number of nitrogens with zero attached hydrogens (tertiary/aromatic N) is 3. The van der Waals surface area contributed by atoms with Gasteiger partial charge in [-0.15, -0.1) is 24.8 Å². The lowest BCUT2D eigenvalue weighted by atomic mass is 9.96. The molecule has 11 nitrogen and oxygen atoms in total. The smallest absolute Gasteiger partial charge is 0.245 e. The summed E-state index contributed by atoms with van der Waals surface area (Å²) in [6.45, 7) is 5.55. The number of nitrogens with two attached hydrogens (primary N) is 1. The van der Waals surface area contributed by atoms with Crippen molar-refractivity contribution in [3.05, 3.63) is 98.7 Å². The van der Waals surface area contributed by atoms with Crippen LogP contribution in [0.1, 0.15) is 53.6 Å². The van der Waals surface area contributed by atoms with Crippen LogP contribution in [0.5, 0.6) is 5.75 Å². The molecule has 6 rings (SSSR count). The molecule has 0 saturated carbocycles. The number of carbonyl (C=O) groups excluding carboxylic acids is 2. The molecule has 4 aromatic rings. The van der Waals surface area contributed by atoms with Gasteiger partial charge in [-0.3, -0.25) is 15.0 Å². The number of hydrogen-bond donors (Lipinski definition) is 3. The number of amidine groups is 1. The minimum absolute atomic E-state index is 0. The summed E-state index contributed by atoms with van der Waals surface area (Å²) in [6, 6.07) is 16.7. The second-order valence-electron chi connectivity index (χ2n) is 13.5. The van der Waals surface area contributed by atoms with Gasteiger partial charge >= 0.3 is 0 Å². The molecule has 2 amide bonds. The van der Waals surface area contributed by atoms with Gasteiger partial charge in [0.1, 0.15) is 34.6 Å². The highest BCUT2D eigenvalue weighted by Crippen LogP contribution is 2.37. The molecule has 2 saturated heterocycles. The molecule has 54 heavy (non-hydrogen) atoms. The van der Waals surface area contributed by atoms with Crippen molar-refractivity contribution >= 4 is 86.6 Å². The zero-order chi connectivity index (χ0) is 37.2. The van der Waals surface area contributed by atoms with Crippen LogP contribution in [0.15, 0.2) is 65.6 Å². The molecular weight excluding hydrogens is 794 g/mol. The van der Waals surface area contributed by atoms with Gasteiger partial charge in [0.25, 0.3) is 0 Å². The maximum atomic E-state index is 14.1. The van der Waals surface area contributed by atoms with Gasteiger partial charge in [-0.1, -0.05) is 59.6 Å². The molecule has 3 heterocycles. The summed E-state index contributed by atoms with van der Waals surface area (Å²) in [5.74, 6) is 0.340. The minimum atomic E-state index is -4.17. The van der Waals surface area contributed by atoms with E-state index >= 15 is 0 Å². The lowest BCUT2D eigenvalue weighted by Crippen LogP contribution is -2.48. The molecule has 0 aliphatic carbocycles. The maximum Gasteiger partial charge on any atom is 0.245 e. The summed E-state index contributed by atoms with van der Waals surface area (Å²) in [7, 11) is -4.17. The standard InChI is InChI=1S/C38H42Cl2N6O5S.2ClH/c1-23-19-24(2)44-36-28(23)5-3-7-32(36)51-22-29-30(39)12-13-33(35(29)40)52(49,50)46-16-4-6-31(46)38(48)43-21-26-14-17-45(18-15-26)34(47)20-25-8-10-27(11-9-25)37(41)42;;/h3,5,7-13,19,26,31H,4,6,14-18,20-22H2,1-2H3,(H3,41,42)(H,43,48);2*1H/t31-;;/m0../s1. The number of ether oxygens (including phenoxy) is 1. The quantitative estimate of drug-likeness (QED) is 0.113. The molecule has 4 N–H and O–H groups in total. The highest BCUT2D eigenvalue weighted by atomic mass is 35.5. The van der Waals surface area contributed by atoms with E-state index in [1.54, 1.807) is 18.2 Å². The zero-order valence-electron chi connectivity index (χ0n) is 29.9. The van der Waals surface area contributed by atoms with Crippen molar-refractivity contribution in [3.8, 4) is 5.75 Å². The number of aryl methyl sites for hydroxylation is 2. The van der Waals surface area contributed by atoms with E-state index in [0.29, 0.717) is 54.9 Å². The van der Waals surface area contributed by atoms with Crippen molar-refractivity contribution in [3.63, 3.8) is 0 Å². The Hall–Kier alpha value is -3.65. The van der Waals surface area contributed by atoms with Crippen molar-refractivity contribution in [2.24, 2.45) is 11.7 Å². The summed E-state index contributed by atoms with van der Waals surface area (Å²) in [4.78, 5) is 32.7. The van der Waals surface area contributed by atoms with E-state index in [1.165, 1.54) is 16.4 Å². The average molecular weight is 839 g/mol. The Bertz CT molecular complexity index is 2130. The van der Waals surface area contributed by atoms with E-state index in [4.69, 9.17) is 39.1 Å². The Kier molecular flexibility index (Phi) is 14.6. The van der Waals surface area contributed by atoms with Crippen LogP contribution >= 0.6 is 48.0 Å². The highest BCUT2D eigenvalue weighted by molar-refractivity contribution is 7.89. The number of piperidine rings is 1. The summed E-state index contributed by atoms with van der Waals surface area (Å²) in [6.07, 6.45) is 2.63. The number of hydrogen-bond acceptors (Lipinski definition) is 7. The van der Waals surface area contributed by atoms with E-state index < -0.39 is 16.1 Å². The molecule has 16 heteroatoms. The van der Waals surface area contributed by atoms with Crippen LogP contribution in [0.25, 0.3) is 10.9 Å². The number of pyridine rings is 1. The minimum Gasteiger partial charge on any atom is -0.487 e. The van der Waals surface area contributed by atoms with E-state index in [1.807, 2.05) is 49.1 Å². The molecule has 2 aliphatic heterocycles. The Morgan fingerprint density at radius 2 is 1.70 bits per heavy atom. The number of amides is 2. The first kappa shape index (κ1) is 43.1. The van der Waals surface area contributed by atoms with Gasteiger partial charge in [0.2, 0.25) is 21.8 Å². The molecule has 2 fully saturated rings. The van der Waals surface area contributed by atoms with Gasteiger partial charge in [0, 0.05) is 53.4 Å². The monoisotopic (exact) mass is 836 g/mol. The number of para-hydroxylation sites is 1. The lowest BCUT2D eigenvalue weighted by molar-refractivity contribution is -0.132. The number of carbonyl (C=O) groups is 2. The van der Waals surface area contributed by atoms with Gasteiger partial charge in [0.05, 0.1) is 11.4 Å². The van der Waals surface area contributed by atoms with Crippen LogP contribution in [-0.4, -0.2) is 72.5 Å². The number of nitrogen functional groups attached to an aromatic ring is 1. The Morgan fingerprint density at radius 1 is 1.00 bits per heavy atom. The maximum absolute atomic E-state index is 14.1. The lowest BCUT2D eigenvalue weighted by Gasteiger charge is -2.32. The number of benzene rings is 3. The Morgan fingerprint density at radius 3 is 2.39 bits per heavy atom. The second-order valence-corrected chi connectivity index (χ2v) is 16.1. The third kappa shape index (κ3) is 9.41. The molecule has 1 atom stereocenters. The number of sulfonamides is 1. The van der Waals surface area contributed by atoms with Crippen molar-refractivity contribution in [1.82, 2.24) is 19.5 Å². The van der Waals surface area contributed by atoms with E-state index in [-0.39, 0.29) is 82.9 Å². The third-order valence-electron chi connectivity index (χ3n) is 9.91. The summed E-state index contributed by atoms with van der Waals surface area (Å²) in [5, 5.41) is 11.7. The molecule has 0 bridgehead atoms. The van der Waals surface area contributed by atoms with Crippen LogP contribution in [0.3, 0.4) is 0 Å². The fourth-order valence-corrected chi connectivity index (χ4v) is 9.50. The Labute approximate surface area is 338 Å². The van der Waals surface area contributed by atoms with Crippen molar-refractivity contribution in [1.29, 1.82) is 5.41 Å². The van der Waals surface area contributed by atoms with E-state index in [0.717, 1.165) is 35.0 Å². The van der Waals surface area contributed by atoms with Crippen molar-refractivity contribution < 1.29 is 22.7 Å². The molecule has 0 unspecified atom stereocenters. The van der Waals surface area contributed by atoms with Gasteiger partial charge in [-0.2, -0.15) is 4.31 Å². The Balaban J connectivity index is 0.00000325. The topological polar surface area (TPSA) is 159 Å². The summed E-state index contributed by atoms with van der Waals surface area (Å²) < 4.78 is 35.5. The number of fused-ring (bicyclic) bond motifs is 1. The first-order chi connectivity index (χ1) is 24.8. The number of halogens is 4. The first-order valence-corrected chi connectivity index (χ1v) is 19.5. The molecular formula is C38H44Cl4N6O5S. The SMILES string of the molecule is Cc1cc(C)c2cccc(OCc3c(Cl)ccc(S(=O)(=O)N4CCC[C@H]4C(=O)NCC4CCN(C(=O)Cc5ccc(C(=N)N)cc5)CC4)c3Cl)c2n1.Cl.Cl. The van der Waals surface area contributed by atoms with Crippen molar-refractivity contribution in [2.45, 2.75) is 63.5 Å². The van der Waals surface area contributed by atoms with Crippen LogP contribution in [0.4, 0.5) is 0 Å². The number of nitrogens with one attached hydrogen (secondary N) is 2. The van der Waals surface area contributed by atoms with Crippen LogP contribution in [0.2, 0.25) is 10.0 Å². The predicted octanol–water partition coefficient (Wildman–Crippen LogP) is 6.62. The molecule has 3 aromatic carbocycles. The number of aromatic nitrogens is 1. The van der Waals surface area contributed by atoms with E-state index in [9.17, 15) is 18.0 Å². The predicted molar refractivity (Wildman–Crippen MR) is 217 cm³/mol. The average Bonchev–Trinajstić information content (AvgIpc) is 3.63. The molecule has 0 radical (unpaired) electrons. The molecule has 290 valence electrons. The van der Waals surface area contributed by atoms with Crippen LogP contribution in [-0.2, 0) is 32.6 Å². The number of rotatable bonds is 11. The summed E-state index contributed by atoms with van der Waals surface area (Å²) in [5.41, 5.74) is 9.90. The third-order valence-corrected chi connectivity index (χ3v) is 12.8. The normalized spacial score (nSPS) is 16.4. The van der Waals surface area contributed by atoms with E-state index in [2.05, 4.69) is 10.3 Å². The van der Waals surface area contributed by atoms with Gasteiger partial charge in [-0.25, -0.2) is 13.4 Å². The highest BCUT2D eigenvalue weighted by Gasteiger charge is 2.41. The number of likely N-dealkylation sites (tertiary alicyclic amines) is 1. The second kappa shape index (κ2) is 18.3. The van der Waals surface area contributed by atoms with Crippen LogP contribution < -0.4 is 15.8 Å². The molecule has 1 aromatic heterocycles. The summed E-state index contributed by atoms with van der Waals surface area (Å²) >= 11 is 13.3. The molecule has 0 spiro atoms.